The molecule has 1 saturated carbocycles. The standard InChI is InChI=1S/C33H30N4O6/c38-36(39)28-7-15-32(16-8-28)42-30-11-3-24(4-12-30)20-34-22-26-1-2-27(19-26)23-35-21-25-5-13-31(14-6-25)43-33-17-9-29(10-18-33)37(40)41/h3-18,20-21,26-27H,1-2,19,22-23H2. The third-order valence-corrected chi connectivity index (χ3v) is 7.18. The van der Waals surface area contributed by atoms with E-state index in [1.54, 1.807) is 24.3 Å². The fourth-order valence-corrected chi connectivity index (χ4v) is 4.91. The van der Waals surface area contributed by atoms with E-state index in [2.05, 4.69) is 9.98 Å². The Kier molecular flexibility index (Phi) is 9.48. The van der Waals surface area contributed by atoms with Gasteiger partial charge in [-0.2, -0.15) is 0 Å². The van der Waals surface area contributed by atoms with Crippen molar-refractivity contribution in [2.45, 2.75) is 19.3 Å². The molecule has 0 aliphatic heterocycles. The fraction of sp³-hybridized carbons (Fsp3) is 0.212. The van der Waals surface area contributed by atoms with Crippen LogP contribution in [0.15, 0.2) is 107 Å². The van der Waals surface area contributed by atoms with Crippen LogP contribution >= 0.6 is 0 Å². The number of nitro benzene ring substituents is 2. The molecule has 0 spiro atoms. The van der Waals surface area contributed by atoms with Crippen LogP contribution in [0.25, 0.3) is 0 Å². The summed E-state index contributed by atoms with van der Waals surface area (Å²) < 4.78 is 11.5. The summed E-state index contributed by atoms with van der Waals surface area (Å²) in [5, 5.41) is 21.6. The van der Waals surface area contributed by atoms with Gasteiger partial charge in [-0.3, -0.25) is 30.2 Å². The van der Waals surface area contributed by atoms with Gasteiger partial charge in [0.1, 0.15) is 23.0 Å². The average Bonchev–Trinajstić information content (AvgIpc) is 3.47. The number of benzene rings is 4. The summed E-state index contributed by atoms with van der Waals surface area (Å²) in [6.07, 6.45) is 7.17. The molecule has 0 bridgehead atoms. The average molecular weight is 579 g/mol. The molecular formula is C33H30N4O6. The highest BCUT2D eigenvalue weighted by molar-refractivity contribution is 5.80. The number of aliphatic imine (C=N–C) groups is 2. The van der Waals surface area contributed by atoms with Gasteiger partial charge in [-0.05, 0) is 115 Å². The van der Waals surface area contributed by atoms with Gasteiger partial charge >= 0.3 is 0 Å². The third kappa shape index (κ3) is 8.56. The van der Waals surface area contributed by atoms with Crippen molar-refractivity contribution in [3.8, 4) is 23.0 Å². The first-order chi connectivity index (χ1) is 20.9. The Balaban J connectivity index is 1.02. The molecule has 1 aliphatic carbocycles. The smallest absolute Gasteiger partial charge is 0.269 e. The molecule has 0 aromatic heterocycles. The number of nitro groups is 2. The van der Waals surface area contributed by atoms with Gasteiger partial charge in [0, 0.05) is 49.8 Å². The van der Waals surface area contributed by atoms with Gasteiger partial charge in [0.2, 0.25) is 0 Å². The number of hydrogen-bond acceptors (Lipinski definition) is 8. The molecule has 0 amide bonds. The molecule has 10 nitrogen and oxygen atoms in total. The van der Waals surface area contributed by atoms with Crippen molar-refractivity contribution in [2.24, 2.45) is 21.8 Å². The monoisotopic (exact) mass is 578 g/mol. The van der Waals surface area contributed by atoms with Gasteiger partial charge in [0.25, 0.3) is 11.4 Å². The van der Waals surface area contributed by atoms with Gasteiger partial charge in [-0.15, -0.1) is 0 Å². The largest absolute Gasteiger partial charge is 0.457 e. The maximum atomic E-state index is 10.8. The molecule has 1 aliphatic rings. The van der Waals surface area contributed by atoms with Gasteiger partial charge in [0.15, 0.2) is 0 Å². The molecule has 0 radical (unpaired) electrons. The van der Waals surface area contributed by atoms with Crippen molar-refractivity contribution in [3.63, 3.8) is 0 Å². The summed E-state index contributed by atoms with van der Waals surface area (Å²) in [7, 11) is 0. The second-order valence-electron chi connectivity index (χ2n) is 10.4. The zero-order valence-electron chi connectivity index (χ0n) is 23.3. The van der Waals surface area contributed by atoms with Gasteiger partial charge in [-0.1, -0.05) is 0 Å². The second-order valence-corrected chi connectivity index (χ2v) is 10.4. The van der Waals surface area contributed by atoms with Gasteiger partial charge in [-0.25, -0.2) is 0 Å². The molecule has 2 unspecified atom stereocenters. The lowest BCUT2D eigenvalue weighted by Crippen LogP contribution is -2.03. The first-order valence-electron chi connectivity index (χ1n) is 14.0. The Morgan fingerprint density at radius 3 is 1.23 bits per heavy atom. The minimum absolute atomic E-state index is 0.0260. The van der Waals surface area contributed by atoms with E-state index in [0.717, 1.165) is 43.5 Å². The van der Waals surface area contributed by atoms with Crippen LogP contribution < -0.4 is 9.47 Å². The molecule has 0 N–H and O–H groups in total. The van der Waals surface area contributed by atoms with E-state index >= 15 is 0 Å². The van der Waals surface area contributed by atoms with Crippen LogP contribution in [0, 0.1) is 32.1 Å². The number of nitrogens with zero attached hydrogens (tertiary/aromatic N) is 4. The van der Waals surface area contributed by atoms with E-state index in [0.29, 0.717) is 34.8 Å². The molecule has 4 aromatic rings. The van der Waals surface area contributed by atoms with Crippen LogP contribution in [0.1, 0.15) is 30.4 Å². The molecule has 43 heavy (non-hydrogen) atoms. The SMILES string of the molecule is O=[N+]([O-])c1ccc(Oc2ccc(C=NCC3CCC(CN=Cc4ccc(Oc5ccc([N+](=O)[O-])cc5)cc4)C3)cc2)cc1. The molecular weight excluding hydrogens is 548 g/mol. The van der Waals surface area contributed by atoms with Crippen LogP contribution in [-0.4, -0.2) is 35.4 Å². The van der Waals surface area contributed by atoms with E-state index in [4.69, 9.17) is 9.47 Å². The zero-order chi connectivity index (χ0) is 30.0. The highest BCUT2D eigenvalue weighted by Crippen LogP contribution is 2.31. The zero-order valence-corrected chi connectivity index (χ0v) is 23.3. The first kappa shape index (κ1) is 29.1. The van der Waals surface area contributed by atoms with E-state index < -0.39 is 9.85 Å². The summed E-state index contributed by atoms with van der Waals surface area (Å²) in [6, 6.07) is 27.1. The number of non-ortho nitro benzene ring substituents is 2. The van der Waals surface area contributed by atoms with E-state index in [9.17, 15) is 20.2 Å². The van der Waals surface area contributed by atoms with Gasteiger partial charge in [0.05, 0.1) is 9.85 Å². The van der Waals surface area contributed by atoms with Crippen LogP contribution in [0.2, 0.25) is 0 Å². The minimum Gasteiger partial charge on any atom is -0.457 e. The Hall–Kier alpha value is -5.38. The minimum atomic E-state index is -0.439. The summed E-state index contributed by atoms with van der Waals surface area (Å²) >= 11 is 0. The quantitative estimate of drug-likeness (QED) is 0.0950. The number of ether oxygens (including phenoxy) is 2. The summed E-state index contributed by atoms with van der Waals surface area (Å²) in [5.74, 6) is 3.48. The third-order valence-electron chi connectivity index (χ3n) is 7.18. The van der Waals surface area contributed by atoms with Crippen molar-refractivity contribution < 1.29 is 19.3 Å². The first-order valence-corrected chi connectivity index (χ1v) is 14.0. The normalized spacial score (nSPS) is 16.5. The lowest BCUT2D eigenvalue weighted by atomic mass is 10.1. The maximum absolute atomic E-state index is 10.8. The van der Waals surface area contributed by atoms with Crippen LogP contribution in [0.3, 0.4) is 0 Å². The lowest BCUT2D eigenvalue weighted by Gasteiger charge is -2.07. The van der Waals surface area contributed by atoms with Crippen molar-refractivity contribution >= 4 is 23.8 Å². The van der Waals surface area contributed by atoms with E-state index in [1.807, 2.05) is 61.0 Å². The van der Waals surface area contributed by atoms with Crippen molar-refractivity contribution in [2.75, 3.05) is 13.1 Å². The molecule has 0 saturated heterocycles. The molecule has 10 heteroatoms. The highest BCUT2D eigenvalue weighted by atomic mass is 16.6. The Morgan fingerprint density at radius 2 is 0.907 bits per heavy atom. The molecule has 0 heterocycles. The van der Waals surface area contributed by atoms with Gasteiger partial charge < -0.3 is 9.47 Å². The van der Waals surface area contributed by atoms with Crippen molar-refractivity contribution in [3.05, 3.63) is 128 Å². The van der Waals surface area contributed by atoms with Crippen LogP contribution in [0.4, 0.5) is 11.4 Å². The summed E-state index contributed by atoms with van der Waals surface area (Å²) in [5.41, 5.74) is 2.02. The van der Waals surface area contributed by atoms with Crippen LogP contribution in [0.5, 0.6) is 23.0 Å². The lowest BCUT2D eigenvalue weighted by molar-refractivity contribution is -0.385. The Bertz CT molecular complexity index is 1460. The molecule has 1 fully saturated rings. The number of rotatable bonds is 12. The summed E-state index contributed by atoms with van der Waals surface area (Å²) in [6.45, 7) is 1.58. The second kappa shape index (κ2) is 14.0. The fourth-order valence-electron chi connectivity index (χ4n) is 4.91. The highest BCUT2D eigenvalue weighted by Gasteiger charge is 2.23. The van der Waals surface area contributed by atoms with Crippen molar-refractivity contribution in [1.29, 1.82) is 0 Å². The summed E-state index contributed by atoms with van der Waals surface area (Å²) in [4.78, 5) is 30.0. The van der Waals surface area contributed by atoms with Crippen molar-refractivity contribution in [1.82, 2.24) is 0 Å². The predicted molar refractivity (Wildman–Crippen MR) is 165 cm³/mol. The molecule has 2 atom stereocenters. The Labute approximate surface area is 248 Å². The number of hydrogen-bond donors (Lipinski definition) is 0. The molecule has 218 valence electrons. The van der Waals surface area contributed by atoms with Crippen LogP contribution in [-0.2, 0) is 0 Å². The Morgan fingerprint density at radius 1 is 0.581 bits per heavy atom. The molecule has 5 rings (SSSR count). The maximum Gasteiger partial charge on any atom is 0.269 e. The van der Waals surface area contributed by atoms with E-state index in [1.165, 1.54) is 24.3 Å². The predicted octanol–water partition coefficient (Wildman–Crippen LogP) is 8.04. The molecule has 4 aromatic carbocycles. The topological polar surface area (TPSA) is 129 Å². The van der Waals surface area contributed by atoms with E-state index in [-0.39, 0.29) is 11.4 Å².